The van der Waals surface area contributed by atoms with Gasteiger partial charge in [-0.1, -0.05) is 25.0 Å². The van der Waals surface area contributed by atoms with Crippen molar-refractivity contribution in [3.8, 4) is 0 Å². The summed E-state index contributed by atoms with van der Waals surface area (Å²) < 4.78 is 15.7. The van der Waals surface area contributed by atoms with E-state index in [9.17, 15) is 0 Å². The topological polar surface area (TPSA) is 27.7 Å². The molecular weight excluding hydrogens is 316 g/mol. The lowest BCUT2D eigenvalue weighted by molar-refractivity contribution is 0.107. The normalized spacial score (nSPS) is 18.8. The monoisotopic (exact) mass is 354 g/mol. The molecule has 140 valence electrons. The lowest BCUT2D eigenvalue weighted by Gasteiger charge is -2.12. The molecule has 0 atom stereocenters. The van der Waals surface area contributed by atoms with E-state index in [1.165, 1.54) is 64.2 Å². The molecule has 0 aromatic carbocycles. The molecule has 0 saturated carbocycles. The van der Waals surface area contributed by atoms with Gasteiger partial charge in [0.2, 0.25) is 0 Å². The molecule has 24 heavy (non-hydrogen) atoms. The van der Waals surface area contributed by atoms with E-state index in [2.05, 4.69) is 12.2 Å². The zero-order valence-electron chi connectivity index (χ0n) is 16.1. The van der Waals surface area contributed by atoms with E-state index in [1.807, 2.05) is 20.8 Å². The van der Waals surface area contributed by atoms with Gasteiger partial charge in [-0.2, -0.15) is 0 Å². The van der Waals surface area contributed by atoms with Gasteiger partial charge in [-0.25, -0.2) is 0 Å². The first-order valence-corrected chi connectivity index (χ1v) is 11.5. The summed E-state index contributed by atoms with van der Waals surface area (Å²) >= 11 is 0. The van der Waals surface area contributed by atoms with Gasteiger partial charge in [0.25, 0.3) is 0 Å². The third-order valence-electron chi connectivity index (χ3n) is 4.40. The lowest BCUT2D eigenvalue weighted by Crippen LogP contribution is -2.27. The second-order valence-corrected chi connectivity index (χ2v) is 7.89. The SMILES string of the molecule is C1=C(C2=CCCCCC2)CCCCC1.CCO[SiH](OCC)OCC. The minimum absolute atomic E-state index is 0.677. The van der Waals surface area contributed by atoms with Crippen molar-refractivity contribution >= 4 is 9.53 Å². The summed E-state index contributed by atoms with van der Waals surface area (Å²) in [5.41, 5.74) is 3.40. The van der Waals surface area contributed by atoms with E-state index >= 15 is 0 Å². The van der Waals surface area contributed by atoms with Crippen LogP contribution in [0.25, 0.3) is 0 Å². The fourth-order valence-corrected chi connectivity index (χ4v) is 4.27. The molecule has 0 unspecified atom stereocenters. The van der Waals surface area contributed by atoms with E-state index in [1.54, 1.807) is 11.1 Å². The highest BCUT2D eigenvalue weighted by atomic mass is 28.3. The van der Waals surface area contributed by atoms with Crippen LogP contribution in [0.2, 0.25) is 0 Å². The molecule has 2 aliphatic carbocycles. The quantitative estimate of drug-likeness (QED) is 0.559. The Labute approximate surface area is 151 Å². The third kappa shape index (κ3) is 9.77. The highest BCUT2D eigenvalue weighted by Gasteiger charge is 2.11. The Morgan fingerprint density at radius 2 is 1.08 bits per heavy atom. The van der Waals surface area contributed by atoms with Gasteiger partial charge in [-0.05, 0) is 83.3 Å². The van der Waals surface area contributed by atoms with Crippen molar-refractivity contribution < 1.29 is 13.3 Å². The van der Waals surface area contributed by atoms with Crippen LogP contribution in [0.1, 0.15) is 85.0 Å². The molecule has 4 heteroatoms. The van der Waals surface area contributed by atoms with Crippen molar-refractivity contribution in [3.05, 3.63) is 23.3 Å². The summed E-state index contributed by atoms with van der Waals surface area (Å²) in [6, 6.07) is 0. The Morgan fingerprint density at radius 3 is 1.46 bits per heavy atom. The van der Waals surface area contributed by atoms with Gasteiger partial charge in [0.05, 0.1) is 0 Å². The number of hydrogen-bond donors (Lipinski definition) is 0. The molecule has 2 aliphatic rings. The highest BCUT2D eigenvalue weighted by Crippen LogP contribution is 2.29. The van der Waals surface area contributed by atoms with Gasteiger partial charge in [0, 0.05) is 19.8 Å². The molecule has 0 radical (unpaired) electrons. The first kappa shape index (κ1) is 21.6. The average molecular weight is 355 g/mol. The molecule has 0 bridgehead atoms. The van der Waals surface area contributed by atoms with E-state index in [0.29, 0.717) is 19.8 Å². The molecule has 3 nitrogen and oxygen atoms in total. The molecule has 0 aromatic rings. The van der Waals surface area contributed by atoms with Gasteiger partial charge in [0.15, 0.2) is 0 Å². The molecule has 0 aromatic heterocycles. The Hall–Kier alpha value is -0.423. The Kier molecular flexibility index (Phi) is 13.4. The van der Waals surface area contributed by atoms with Crippen LogP contribution in [-0.4, -0.2) is 29.3 Å². The fourth-order valence-electron chi connectivity index (χ4n) is 3.17. The van der Waals surface area contributed by atoms with Crippen LogP contribution in [0.4, 0.5) is 0 Å². The minimum atomic E-state index is -1.73. The molecule has 0 N–H and O–H groups in total. The van der Waals surface area contributed by atoms with Crippen molar-refractivity contribution in [3.63, 3.8) is 0 Å². The van der Waals surface area contributed by atoms with Gasteiger partial charge < -0.3 is 13.3 Å². The van der Waals surface area contributed by atoms with Crippen LogP contribution >= 0.6 is 0 Å². The lowest BCUT2D eigenvalue weighted by atomic mass is 9.97. The number of hydrogen-bond acceptors (Lipinski definition) is 3. The summed E-state index contributed by atoms with van der Waals surface area (Å²) in [6.07, 6.45) is 18.9. The first-order valence-electron chi connectivity index (χ1n) is 10.0. The van der Waals surface area contributed by atoms with Crippen molar-refractivity contribution in [1.82, 2.24) is 0 Å². The Bertz CT molecular complexity index is 326. The zero-order valence-corrected chi connectivity index (χ0v) is 17.3. The second kappa shape index (κ2) is 14.9. The zero-order chi connectivity index (χ0) is 17.5. The smallest absolute Gasteiger partial charge is 0.376 e. The van der Waals surface area contributed by atoms with E-state index < -0.39 is 9.53 Å². The van der Waals surface area contributed by atoms with Crippen molar-refractivity contribution in [2.45, 2.75) is 85.0 Å². The maximum absolute atomic E-state index is 5.22. The molecule has 2 rings (SSSR count). The summed E-state index contributed by atoms with van der Waals surface area (Å²) in [4.78, 5) is 0. The minimum Gasteiger partial charge on any atom is -0.376 e. The molecule has 0 aliphatic heterocycles. The largest absolute Gasteiger partial charge is 0.484 e. The number of allylic oxidation sites excluding steroid dienone is 4. The second-order valence-electron chi connectivity index (χ2n) is 6.31. The maximum atomic E-state index is 5.22. The first-order chi connectivity index (χ1) is 11.8. The maximum Gasteiger partial charge on any atom is 0.484 e. The molecule has 0 heterocycles. The van der Waals surface area contributed by atoms with Crippen LogP contribution in [0.3, 0.4) is 0 Å². The Balaban J connectivity index is 0.000000257. The predicted octanol–water partition coefficient (Wildman–Crippen LogP) is 5.58. The summed E-state index contributed by atoms with van der Waals surface area (Å²) in [7, 11) is -1.73. The van der Waals surface area contributed by atoms with Gasteiger partial charge >= 0.3 is 9.53 Å². The molecule has 0 fully saturated rings. The summed E-state index contributed by atoms with van der Waals surface area (Å²) in [5.74, 6) is 0. The average Bonchev–Trinajstić information content (AvgIpc) is 3.01. The van der Waals surface area contributed by atoms with Crippen LogP contribution < -0.4 is 0 Å². The van der Waals surface area contributed by atoms with Gasteiger partial charge in [-0.3, -0.25) is 0 Å². The number of rotatable bonds is 7. The molecule has 0 saturated heterocycles. The van der Waals surface area contributed by atoms with E-state index in [-0.39, 0.29) is 0 Å². The third-order valence-corrected chi connectivity index (χ3v) is 6.22. The van der Waals surface area contributed by atoms with E-state index in [4.69, 9.17) is 13.3 Å². The molecular formula is C20H38O3Si. The van der Waals surface area contributed by atoms with Crippen molar-refractivity contribution in [2.75, 3.05) is 19.8 Å². The molecule has 0 spiro atoms. The Morgan fingerprint density at radius 1 is 0.667 bits per heavy atom. The van der Waals surface area contributed by atoms with Gasteiger partial charge in [0.1, 0.15) is 0 Å². The van der Waals surface area contributed by atoms with Crippen LogP contribution in [0, 0.1) is 0 Å². The summed E-state index contributed by atoms with van der Waals surface area (Å²) in [6.45, 7) is 7.86. The summed E-state index contributed by atoms with van der Waals surface area (Å²) in [5, 5.41) is 0. The van der Waals surface area contributed by atoms with Gasteiger partial charge in [-0.15, -0.1) is 0 Å². The standard InChI is InChI=1S/C14H22.C6H16O3Si/c1-2-6-10-13(9-5-1)14-11-7-3-4-8-12-14;1-4-7-10(8-5-2)9-6-3/h9,11H,1-8,10,12H2;10H,4-6H2,1-3H3. The van der Waals surface area contributed by atoms with Crippen LogP contribution in [-0.2, 0) is 13.3 Å². The van der Waals surface area contributed by atoms with Crippen molar-refractivity contribution in [1.29, 1.82) is 0 Å². The van der Waals surface area contributed by atoms with E-state index in [0.717, 1.165) is 0 Å². The predicted molar refractivity (Wildman–Crippen MR) is 104 cm³/mol. The van der Waals surface area contributed by atoms with Crippen LogP contribution in [0.5, 0.6) is 0 Å². The molecule has 0 amide bonds. The van der Waals surface area contributed by atoms with Crippen LogP contribution in [0.15, 0.2) is 23.3 Å². The van der Waals surface area contributed by atoms with Crippen molar-refractivity contribution in [2.24, 2.45) is 0 Å². The fraction of sp³-hybridized carbons (Fsp3) is 0.800. The highest BCUT2D eigenvalue weighted by molar-refractivity contribution is 6.36.